The Balaban J connectivity index is 1.83. The number of ether oxygens (including phenoxy) is 1. The largest absolute Gasteiger partial charge is 0.450 e. The van der Waals surface area contributed by atoms with Gasteiger partial charge >= 0.3 is 0 Å². The van der Waals surface area contributed by atoms with Crippen molar-refractivity contribution in [2.24, 2.45) is 0 Å². The maximum atomic E-state index is 13.5. The van der Waals surface area contributed by atoms with Gasteiger partial charge < -0.3 is 14.1 Å². The SMILES string of the molecule is Cc1ccc2oc3c(c(=O)c2c1)[C@H](c1cccc(Cl)c1)N(CCCOC(C)C)C3=O. The zero-order valence-corrected chi connectivity index (χ0v) is 18.0. The van der Waals surface area contributed by atoms with Crippen LogP contribution in [0.2, 0.25) is 5.02 Å². The van der Waals surface area contributed by atoms with E-state index in [0.717, 1.165) is 11.1 Å². The van der Waals surface area contributed by atoms with E-state index in [2.05, 4.69) is 0 Å². The van der Waals surface area contributed by atoms with Crippen LogP contribution in [0.3, 0.4) is 0 Å². The van der Waals surface area contributed by atoms with Crippen molar-refractivity contribution < 1.29 is 13.9 Å². The second-order valence-corrected chi connectivity index (χ2v) is 8.34. The summed E-state index contributed by atoms with van der Waals surface area (Å²) >= 11 is 6.23. The minimum Gasteiger partial charge on any atom is -0.450 e. The molecule has 0 spiro atoms. The predicted molar refractivity (Wildman–Crippen MR) is 117 cm³/mol. The van der Waals surface area contributed by atoms with E-state index in [1.807, 2.05) is 39.0 Å². The lowest BCUT2D eigenvalue weighted by molar-refractivity contribution is 0.0593. The van der Waals surface area contributed by atoms with Crippen LogP contribution in [0.25, 0.3) is 11.0 Å². The first-order valence-corrected chi connectivity index (χ1v) is 10.5. The first-order chi connectivity index (χ1) is 14.4. The fourth-order valence-electron chi connectivity index (χ4n) is 3.94. The molecule has 5 nitrogen and oxygen atoms in total. The van der Waals surface area contributed by atoms with Crippen molar-refractivity contribution in [3.8, 4) is 0 Å². The highest BCUT2D eigenvalue weighted by molar-refractivity contribution is 6.30. The summed E-state index contributed by atoms with van der Waals surface area (Å²) in [5, 5.41) is 1.04. The number of benzene rings is 2. The lowest BCUT2D eigenvalue weighted by atomic mass is 9.98. The molecule has 4 rings (SSSR count). The quantitative estimate of drug-likeness (QED) is 0.514. The van der Waals surface area contributed by atoms with Crippen molar-refractivity contribution in [2.45, 2.75) is 39.3 Å². The smallest absolute Gasteiger partial charge is 0.290 e. The topological polar surface area (TPSA) is 59.8 Å². The molecule has 1 aliphatic rings. The van der Waals surface area contributed by atoms with Crippen LogP contribution in [0.5, 0.6) is 0 Å². The van der Waals surface area contributed by atoms with Crippen molar-refractivity contribution in [2.75, 3.05) is 13.2 Å². The summed E-state index contributed by atoms with van der Waals surface area (Å²) in [7, 11) is 0. The number of hydrogen-bond donors (Lipinski definition) is 0. The first-order valence-electron chi connectivity index (χ1n) is 10.1. The first kappa shape index (κ1) is 20.6. The molecule has 6 heteroatoms. The second kappa shape index (κ2) is 8.25. The Labute approximate surface area is 180 Å². The summed E-state index contributed by atoms with van der Waals surface area (Å²) in [4.78, 5) is 28.4. The molecule has 2 heterocycles. The minimum absolute atomic E-state index is 0.117. The number of carbonyl (C=O) groups excluding carboxylic acids is 1. The molecule has 156 valence electrons. The van der Waals surface area contributed by atoms with Gasteiger partial charge in [0.1, 0.15) is 5.58 Å². The summed E-state index contributed by atoms with van der Waals surface area (Å²) < 4.78 is 11.6. The summed E-state index contributed by atoms with van der Waals surface area (Å²) in [5.41, 5.74) is 2.38. The molecule has 0 aliphatic carbocycles. The normalized spacial score (nSPS) is 16.0. The van der Waals surface area contributed by atoms with E-state index >= 15 is 0 Å². The van der Waals surface area contributed by atoms with E-state index < -0.39 is 6.04 Å². The van der Waals surface area contributed by atoms with Gasteiger partial charge in [0.25, 0.3) is 5.91 Å². The summed E-state index contributed by atoms with van der Waals surface area (Å²) in [6, 6.07) is 12.2. The Bertz CT molecular complexity index is 1170. The lowest BCUT2D eigenvalue weighted by Crippen LogP contribution is -2.31. The maximum absolute atomic E-state index is 13.5. The van der Waals surface area contributed by atoms with E-state index in [-0.39, 0.29) is 23.2 Å². The van der Waals surface area contributed by atoms with Crippen LogP contribution in [-0.4, -0.2) is 30.1 Å². The van der Waals surface area contributed by atoms with Crippen LogP contribution in [0.1, 0.15) is 53.6 Å². The highest BCUT2D eigenvalue weighted by atomic mass is 35.5. The molecule has 1 amide bonds. The maximum Gasteiger partial charge on any atom is 0.290 e. The zero-order chi connectivity index (χ0) is 21.4. The summed E-state index contributed by atoms with van der Waals surface area (Å²) in [6.07, 6.45) is 0.777. The van der Waals surface area contributed by atoms with E-state index in [1.165, 1.54) is 0 Å². The van der Waals surface area contributed by atoms with Crippen LogP contribution < -0.4 is 5.43 Å². The van der Waals surface area contributed by atoms with Crippen molar-refractivity contribution in [3.05, 3.63) is 80.2 Å². The number of aryl methyl sites for hydroxylation is 1. The Hall–Kier alpha value is -2.63. The van der Waals surface area contributed by atoms with E-state index in [1.54, 1.807) is 29.2 Å². The van der Waals surface area contributed by atoms with E-state index in [0.29, 0.717) is 41.1 Å². The van der Waals surface area contributed by atoms with Gasteiger partial charge in [-0.3, -0.25) is 9.59 Å². The molecule has 1 atom stereocenters. The van der Waals surface area contributed by atoms with Gasteiger partial charge in [-0.25, -0.2) is 0 Å². The number of halogens is 1. The van der Waals surface area contributed by atoms with Gasteiger partial charge in [0.2, 0.25) is 5.76 Å². The third-order valence-electron chi connectivity index (χ3n) is 5.28. The Kier molecular flexibility index (Phi) is 5.67. The molecule has 3 aromatic rings. The third-order valence-corrected chi connectivity index (χ3v) is 5.52. The van der Waals surface area contributed by atoms with Crippen molar-refractivity contribution in [1.29, 1.82) is 0 Å². The standard InChI is InChI=1S/C24H24ClNO4/c1-14(2)29-11-5-10-26-21(16-6-4-7-17(25)13-16)20-22(27)18-12-15(3)8-9-19(18)30-23(20)24(26)28/h4,6-9,12-14,21H,5,10-11H2,1-3H3/t21-/m0/s1. The molecule has 30 heavy (non-hydrogen) atoms. The average Bonchev–Trinajstić information content (AvgIpc) is 2.98. The molecule has 0 bridgehead atoms. The molecule has 1 aliphatic heterocycles. The number of fused-ring (bicyclic) bond motifs is 2. The second-order valence-electron chi connectivity index (χ2n) is 7.90. The van der Waals surface area contributed by atoms with Crippen LogP contribution in [0.4, 0.5) is 0 Å². The van der Waals surface area contributed by atoms with Crippen molar-refractivity contribution in [1.82, 2.24) is 4.90 Å². The molecule has 2 aromatic carbocycles. The van der Waals surface area contributed by atoms with Gasteiger partial charge in [0, 0.05) is 18.2 Å². The molecule has 0 fully saturated rings. The molecule has 0 radical (unpaired) electrons. The molecular weight excluding hydrogens is 402 g/mol. The van der Waals surface area contributed by atoms with Gasteiger partial charge in [0.05, 0.1) is 23.1 Å². The molecule has 0 unspecified atom stereocenters. The Morgan fingerprint density at radius 2 is 1.97 bits per heavy atom. The minimum atomic E-state index is -0.536. The van der Waals surface area contributed by atoms with Gasteiger partial charge in [0.15, 0.2) is 5.43 Å². The van der Waals surface area contributed by atoms with E-state index in [4.69, 9.17) is 20.8 Å². The number of nitrogens with zero attached hydrogens (tertiary/aromatic N) is 1. The zero-order valence-electron chi connectivity index (χ0n) is 17.3. The highest BCUT2D eigenvalue weighted by Crippen LogP contribution is 2.38. The number of hydrogen-bond acceptors (Lipinski definition) is 4. The average molecular weight is 426 g/mol. The number of amides is 1. The van der Waals surface area contributed by atoms with Crippen molar-refractivity contribution >= 4 is 28.5 Å². The van der Waals surface area contributed by atoms with Crippen LogP contribution >= 0.6 is 11.6 Å². The number of rotatable bonds is 6. The monoisotopic (exact) mass is 425 g/mol. The Morgan fingerprint density at radius 3 is 2.70 bits per heavy atom. The highest BCUT2D eigenvalue weighted by Gasteiger charge is 2.42. The third kappa shape index (κ3) is 3.75. The van der Waals surface area contributed by atoms with Crippen LogP contribution in [-0.2, 0) is 4.74 Å². The summed E-state index contributed by atoms with van der Waals surface area (Å²) in [6.45, 7) is 6.85. The molecule has 1 aromatic heterocycles. The fraction of sp³-hybridized carbons (Fsp3) is 0.333. The van der Waals surface area contributed by atoms with Crippen LogP contribution in [0, 0.1) is 6.92 Å². The lowest BCUT2D eigenvalue weighted by Gasteiger charge is -2.25. The molecule has 0 N–H and O–H groups in total. The van der Waals surface area contributed by atoms with E-state index in [9.17, 15) is 9.59 Å². The van der Waals surface area contributed by atoms with Crippen LogP contribution in [0.15, 0.2) is 51.7 Å². The van der Waals surface area contributed by atoms with Gasteiger partial charge in [-0.2, -0.15) is 0 Å². The van der Waals surface area contributed by atoms with Gasteiger partial charge in [-0.05, 0) is 57.0 Å². The molecule has 0 saturated carbocycles. The van der Waals surface area contributed by atoms with Gasteiger partial charge in [-0.1, -0.05) is 35.4 Å². The molecule has 0 saturated heterocycles. The fourth-order valence-corrected chi connectivity index (χ4v) is 4.14. The predicted octanol–water partition coefficient (Wildman–Crippen LogP) is 5.12. The summed E-state index contributed by atoms with van der Waals surface area (Å²) in [5.74, 6) is -0.162. The number of carbonyl (C=O) groups is 1. The Morgan fingerprint density at radius 1 is 1.17 bits per heavy atom. The molecular formula is C24H24ClNO4. The van der Waals surface area contributed by atoms with Crippen molar-refractivity contribution in [3.63, 3.8) is 0 Å². The van der Waals surface area contributed by atoms with Gasteiger partial charge in [-0.15, -0.1) is 0 Å².